The molecule has 0 fully saturated rings. The highest BCUT2D eigenvalue weighted by atomic mass is 19.2. The van der Waals surface area contributed by atoms with Crippen LogP contribution in [0.4, 0.5) is 18.9 Å². The summed E-state index contributed by atoms with van der Waals surface area (Å²) in [5.41, 5.74) is 5.97. The van der Waals surface area contributed by atoms with Crippen LogP contribution >= 0.6 is 0 Å². The fourth-order valence-corrected chi connectivity index (χ4v) is 1.71. The SMILES string of the molecule is NCc1ccccc1NC(=O)c1ccc(F)c(F)c1F. The zero-order valence-electron chi connectivity index (χ0n) is 10.3. The Bertz CT molecular complexity index is 659. The molecule has 0 atom stereocenters. The van der Waals surface area contributed by atoms with Crippen molar-refractivity contribution in [3.8, 4) is 0 Å². The van der Waals surface area contributed by atoms with Crippen LogP contribution < -0.4 is 11.1 Å². The number of hydrogen-bond donors (Lipinski definition) is 2. The zero-order valence-corrected chi connectivity index (χ0v) is 10.3. The molecule has 2 aromatic carbocycles. The Morgan fingerprint density at radius 1 is 1.05 bits per heavy atom. The van der Waals surface area contributed by atoms with Gasteiger partial charge >= 0.3 is 0 Å². The van der Waals surface area contributed by atoms with Gasteiger partial charge < -0.3 is 11.1 Å². The molecule has 104 valence electrons. The van der Waals surface area contributed by atoms with E-state index < -0.39 is 28.9 Å². The van der Waals surface area contributed by atoms with E-state index in [1.807, 2.05) is 0 Å². The summed E-state index contributed by atoms with van der Waals surface area (Å²) in [6.07, 6.45) is 0. The molecule has 0 unspecified atom stereocenters. The second-order valence-electron chi connectivity index (χ2n) is 4.04. The molecular formula is C14H11F3N2O. The number of nitrogens with one attached hydrogen (secondary N) is 1. The minimum atomic E-state index is -1.68. The Hall–Kier alpha value is -2.34. The van der Waals surface area contributed by atoms with Crippen LogP contribution in [0.15, 0.2) is 36.4 Å². The van der Waals surface area contributed by atoms with Gasteiger partial charge in [0, 0.05) is 12.2 Å². The molecule has 0 saturated heterocycles. The Morgan fingerprint density at radius 3 is 2.45 bits per heavy atom. The van der Waals surface area contributed by atoms with E-state index >= 15 is 0 Å². The fraction of sp³-hybridized carbons (Fsp3) is 0.0714. The van der Waals surface area contributed by atoms with Gasteiger partial charge in [-0.2, -0.15) is 0 Å². The standard InChI is InChI=1S/C14H11F3N2O/c15-10-6-5-9(12(16)13(10)17)14(20)19-11-4-2-1-3-8(11)7-18/h1-6H,7,18H2,(H,19,20). The first kappa shape index (κ1) is 14.1. The minimum absolute atomic E-state index is 0.177. The van der Waals surface area contributed by atoms with Crippen molar-refractivity contribution in [2.24, 2.45) is 5.73 Å². The molecule has 0 bridgehead atoms. The van der Waals surface area contributed by atoms with Gasteiger partial charge in [-0.15, -0.1) is 0 Å². The number of halogens is 3. The second-order valence-corrected chi connectivity index (χ2v) is 4.04. The van der Waals surface area contributed by atoms with Crippen molar-refractivity contribution in [1.82, 2.24) is 0 Å². The third-order valence-electron chi connectivity index (χ3n) is 2.77. The molecule has 2 aromatic rings. The average molecular weight is 280 g/mol. The van der Waals surface area contributed by atoms with Crippen molar-refractivity contribution in [2.75, 3.05) is 5.32 Å². The third kappa shape index (κ3) is 2.65. The first-order valence-corrected chi connectivity index (χ1v) is 5.77. The van der Waals surface area contributed by atoms with E-state index in [0.717, 1.165) is 6.07 Å². The van der Waals surface area contributed by atoms with E-state index in [0.29, 0.717) is 17.3 Å². The fourth-order valence-electron chi connectivity index (χ4n) is 1.71. The first-order valence-electron chi connectivity index (χ1n) is 5.77. The van der Waals surface area contributed by atoms with Gasteiger partial charge in [0.05, 0.1) is 5.56 Å². The van der Waals surface area contributed by atoms with E-state index in [1.165, 1.54) is 0 Å². The van der Waals surface area contributed by atoms with Crippen LogP contribution in [0.25, 0.3) is 0 Å². The van der Waals surface area contributed by atoms with Gasteiger partial charge in [-0.05, 0) is 23.8 Å². The predicted octanol–water partition coefficient (Wildman–Crippen LogP) is 2.81. The Balaban J connectivity index is 2.31. The van der Waals surface area contributed by atoms with Crippen molar-refractivity contribution in [3.63, 3.8) is 0 Å². The van der Waals surface area contributed by atoms with E-state index in [2.05, 4.69) is 5.32 Å². The Labute approximate surface area is 113 Å². The van der Waals surface area contributed by atoms with Gasteiger partial charge in [-0.1, -0.05) is 18.2 Å². The molecule has 3 N–H and O–H groups in total. The molecule has 0 radical (unpaired) electrons. The van der Waals surface area contributed by atoms with Crippen molar-refractivity contribution in [1.29, 1.82) is 0 Å². The van der Waals surface area contributed by atoms with Crippen molar-refractivity contribution < 1.29 is 18.0 Å². The van der Waals surface area contributed by atoms with Gasteiger partial charge in [0.15, 0.2) is 17.5 Å². The third-order valence-corrected chi connectivity index (χ3v) is 2.77. The van der Waals surface area contributed by atoms with E-state index in [-0.39, 0.29) is 6.54 Å². The molecule has 20 heavy (non-hydrogen) atoms. The highest BCUT2D eigenvalue weighted by Crippen LogP contribution is 2.19. The highest BCUT2D eigenvalue weighted by Gasteiger charge is 2.19. The molecular weight excluding hydrogens is 269 g/mol. The number of benzene rings is 2. The lowest BCUT2D eigenvalue weighted by atomic mass is 10.1. The second kappa shape index (κ2) is 5.75. The molecule has 3 nitrogen and oxygen atoms in total. The summed E-state index contributed by atoms with van der Waals surface area (Å²) < 4.78 is 39.4. The number of amides is 1. The Morgan fingerprint density at radius 2 is 1.75 bits per heavy atom. The maximum atomic E-state index is 13.5. The van der Waals surface area contributed by atoms with Crippen LogP contribution in [0.5, 0.6) is 0 Å². The summed E-state index contributed by atoms with van der Waals surface area (Å²) >= 11 is 0. The Kier molecular flexibility index (Phi) is 4.05. The highest BCUT2D eigenvalue weighted by molar-refractivity contribution is 6.04. The van der Waals surface area contributed by atoms with Crippen molar-refractivity contribution >= 4 is 11.6 Å². The van der Waals surface area contributed by atoms with Crippen molar-refractivity contribution in [3.05, 3.63) is 65.0 Å². The number of hydrogen-bond acceptors (Lipinski definition) is 2. The lowest BCUT2D eigenvalue weighted by Gasteiger charge is -2.10. The van der Waals surface area contributed by atoms with E-state index in [1.54, 1.807) is 24.3 Å². The topological polar surface area (TPSA) is 55.1 Å². The monoisotopic (exact) mass is 280 g/mol. The molecule has 0 aliphatic rings. The molecule has 2 rings (SSSR count). The summed E-state index contributed by atoms with van der Waals surface area (Å²) in [7, 11) is 0. The summed E-state index contributed by atoms with van der Waals surface area (Å²) in [4.78, 5) is 11.9. The number of nitrogens with two attached hydrogens (primary N) is 1. The quantitative estimate of drug-likeness (QED) is 0.849. The molecule has 0 heterocycles. The number of rotatable bonds is 3. The summed E-state index contributed by atoms with van der Waals surface area (Å²) in [6, 6.07) is 8.25. The number of para-hydroxylation sites is 1. The lowest BCUT2D eigenvalue weighted by Crippen LogP contribution is -2.16. The average Bonchev–Trinajstić information content (AvgIpc) is 2.45. The summed E-state index contributed by atoms with van der Waals surface area (Å²) in [5, 5.41) is 2.42. The van der Waals surface area contributed by atoms with E-state index in [4.69, 9.17) is 5.73 Å². The maximum Gasteiger partial charge on any atom is 0.258 e. The van der Waals surface area contributed by atoms with Crippen LogP contribution in [0.1, 0.15) is 15.9 Å². The molecule has 0 saturated carbocycles. The number of carbonyl (C=O) groups excluding carboxylic acids is 1. The van der Waals surface area contributed by atoms with E-state index in [9.17, 15) is 18.0 Å². The number of carbonyl (C=O) groups is 1. The van der Waals surface area contributed by atoms with Crippen LogP contribution in [0.3, 0.4) is 0 Å². The first-order chi connectivity index (χ1) is 9.54. The van der Waals surface area contributed by atoms with Crippen LogP contribution in [-0.2, 0) is 6.54 Å². The molecule has 1 amide bonds. The summed E-state index contributed by atoms with van der Waals surface area (Å²) in [5.74, 6) is -5.42. The zero-order chi connectivity index (χ0) is 14.7. The number of anilines is 1. The van der Waals surface area contributed by atoms with Gasteiger partial charge in [0.2, 0.25) is 0 Å². The van der Waals surface area contributed by atoms with Crippen LogP contribution in [0.2, 0.25) is 0 Å². The lowest BCUT2D eigenvalue weighted by molar-refractivity contribution is 0.102. The molecule has 0 aliphatic carbocycles. The van der Waals surface area contributed by atoms with Gasteiger partial charge in [0.1, 0.15) is 0 Å². The molecule has 6 heteroatoms. The largest absolute Gasteiger partial charge is 0.326 e. The predicted molar refractivity (Wildman–Crippen MR) is 68.6 cm³/mol. The van der Waals surface area contributed by atoms with Gasteiger partial charge in [-0.3, -0.25) is 4.79 Å². The molecule has 0 aromatic heterocycles. The minimum Gasteiger partial charge on any atom is -0.326 e. The van der Waals surface area contributed by atoms with Crippen molar-refractivity contribution in [2.45, 2.75) is 6.54 Å². The normalized spacial score (nSPS) is 10.4. The maximum absolute atomic E-state index is 13.5. The summed E-state index contributed by atoms with van der Waals surface area (Å²) in [6.45, 7) is 0.177. The van der Waals surface area contributed by atoms with Crippen LogP contribution in [0, 0.1) is 17.5 Å². The van der Waals surface area contributed by atoms with Gasteiger partial charge in [-0.25, -0.2) is 13.2 Å². The smallest absolute Gasteiger partial charge is 0.258 e. The van der Waals surface area contributed by atoms with Gasteiger partial charge in [0.25, 0.3) is 5.91 Å². The molecule has 0 spiro atoms. The molecule has 0 aliphatic heterocycles. The van der Waals surface area contributed by atoms with Crippen LogP contribution in [-0.4, -0.2) is 5.91 Å².